The summed E-state index contributed by atoms with van der Waals surface area (Å²) in [7, 11) is 3.14. The van der Waals surface area contributed by atoms with Crippen LogP contribution in [-0.2, 0) is 9.59 Å². The highest BCUT2D eigenvalue weighted by Gasteiger charge is 2.48. The molecule has 9 heteroatoms. The van der Waals surface area contributed by atoms with E-state index >= 15 is 0 Å². The second-order valence-electron chi connectivity index (χ2n) is 8.65. The molecule has 0 spiro atoms. The lowest BCUT2D eigenvalue weighted by Gasteiger charge is -2.23. The fourth-order valence-corrected chi connectivity index (χ4v) is 5.38. The topological polar surface area (TPSA) is 98.2 Å². The number of hydrogen-bond acceptors (Lipinski definition) is 8. The molecule has 1 aromatic heterocycles. The summed E-state index contributed by atoms with van der Waals surface area (Å²) < 4.78 is 17.1. The minimum atomic E-state index is -0.899. The zero-order valence-corrected chi connectivity index (χ0v) is 22.0. The SMILES string of the molecule is CCCOc1cccc(C(O)=C2C(=O)C(=O)N(c3nc4ccc(OC)cc4s3)C2c2ccc(OC)cc2)c1. The molecule has 194 valence electrons. The van der Waals surface area contributed by atoms with Gasteiger partial charge in [-0.05, 0) is 54.4 Å². The van der Waals surface area contributed by atoms with Gasteiger partial charge in [-0.3, -0.25) is 14.5 Å². The minimum Gasteiger partial charge on any atom is -0.507 e. The first-order valence-electron chi connectivity index (χ1n) is 12.1. The molecule has 0 saturated carbocycles. The van der Waals surface area contributed by atoms with Crippen LogP contribution >= 0.6 is 11.3 Å². The molecule has 0 bridgehead atoms. The number of thiazole rings is 1. The molecule has 0 aliphatic carbocycles. The Balaban J connectivity index is 1.67. The number of aliphatic hydroxyl groups is 1. The molecule has 1 atom stereocenters. The number of ether oxygens (including phenoxy) is 3. The summed E-state index contributed by atoms with van der Waals surface area (Å²) in [6.07, 6.45) is 0.826. The lowest BCUT2D eigenvalue weighted by Crippen LogP contribution is -2.29. The summed E-state index contributed by atoms with van der Waals surface area (Å²) in [6, 6.07) is 18.4. The number of aliphatic hydroxyl groups excluding tert-OH is 1. The first kappa shape index (κ1) is 25.3. The monoisotopic (exact) mass is 530 g/mol. The second-order valence-corrected chi connectivity index (χ2v) is 9.66. The summed E-state index contributed by atoms with van der Waals surface area (Å²) in [6.45, 7) is 2.51. The maximum atomic E-state index is 13.5. The average Bonchev–Trinajstić information content (AvgIpc) is 3.49. The van der Waals surface area contributed by atoms with Crippen LogP contribution in [0.25, 0.3) is 16.0 Å². The van der Waals surface area contributed by atoms with Gasteiger partial charge in [0.2, 0.25) is 0 Å². The minimum absolute atomic E-state index is 0.0235. The van der Waals surface area contributed by atoms with Crippen molar-refractivity contribution in [1.29, 1.82) is 0 Å². The molecule has 8 nitrogen and oxygen atoms in total. The van der Waals surface area contributed by atoms with Gasteiger partial charge in [-0.25, -0.2) is 4.98 Å². The molecule has 1 fully saturated rings. The molecule has 1 aliphatic heterocycles. The Morgan fingerprint density at radius 3 is 2.42 bits per heavy atom. The van der Waals surface area contributed by atoms with Gasteiger partial charge in [0, 0.05) is 5.56 Å². The Bertz CT molecular complexity index is 1540. The molecular weight excluding hydrogens is 504 g/mol. The largest absolute Gasteiger partial charge is 0.507 e. The number of methoxy groups -OCH3 is 2. The normalized spacial score (nSPS) is 16.7. The molecule has 1 unspecified atom stereocenters. The standard InChI is InChI=1S/C29H26N2O6S/c1-4-14-37-21-7-5-6-18(15-21)26(32)24-25(17-8-10-19(35-2)11-9-17)31(28(34)27(24)33)29-30-22-13-12-20(36-3)16-23(22)38-29/h5-13,15-16,25,32H,4,14H2,1-3H3. The van der Waals surface area contributed by atoms with Crippen molar-refractivity contribution in [1.82, 2.24) is 4.98 Å². The third-order valence-electron chi connectivity index (χ3n) is 6.25. The molecule has 1 aliphatic rings. The van der Waals surface area contributed by atoms with Gasteiger partial charge in [0.1, 0.15) is 23.0 Å². The number of ketones is 1. The number of anilines is 1. The van der Waals surface area contributed by atoms with E-state index < -0.39 is 17.7 Å². The number of carbonyl (C=O) groups excluding carboxylic acids is 2. The summed E-state index contributed by atoms with van der Waals surface area (Å²) in [5, 5.41) is 11.8. The summed E-state index contributed by atoms with van der Waals surface area (Å²) in [5.74, 6) is 0.00430. The maximum Gasteiger partial charge on any atom is 0.301 e. The predicted octanol–water partition coefficient (Wildman–Crippen LogP) is 5.73. The van der Waals surface area contributed by atoms with Gasteiger partial charge < -0.3 is 19.3 Å². The van der Waals surface area contributed by atoms with Crippen molar-refractivity contribution in [3.63, 3.8) is 0 Å². The van der Waals surface area contributed by atoms with E-state index in [0.717, 1.165) is 11.1 Å². The van der Waals surface area contributed by atoms with Crippen molar-refractivity contribution in [2.75, 3.05) is 25.7 Å². The van der Waals surface area contributed by atoms with Crippen LogP contribution in [0.5, 0.6) is 17.2 Å². The van der Waals surface area contributed by atoms with Gasteiger partial charge >= 0.3 is 5.91 Å². The zero-order valence-electron chi connectivity index (χ0n) is 21.1. The van der Waals surface area contributed by atoms with Crippen LogP contribution in [0.15, 0.2) is 72.3 Å². The fourth-order valence-electron chi connectivity index (χ4n) is 4.36. The van der Waals surface area contributed by atoms with Crippen molar-refractivity contribution >= 4 is 44.1 Å². The Kier molecular flexibility index (Phi) is 7.02. The van der Waals surface area contributed by atoms with Gasteiger partial charge in [-0.1, -0.05) is 42.5 Å². The molecule has 1 N–H and O–H groups in total. The third kappa shape index (κ3) is 4.56. The van der Waals surface area contributed by atoms with Gasteiger partial charge in [0.15, 0.2) is 5.13 Å². The first-order chi connectivity index (χ1) is 18.4. The number of nitrogens with zero attached hydrogens (tertiary/aromatic N) is 2. The van der Waals surface area contributed by atoms with Crippen LogP contribution in [0.1, 0.15) is 30.5 Å². The van der Waals surface area contributed by atoms with Crippen molar-refractivity contribution in [3.8, 4) is 17.2 Å². The molecular formula is C29H26N2O6S. The third-order valence-corrected chi connectivity index (χ3v) is 7.26. The Morgan fingerprint density at radius 1 is 0.974 bits per heavy atom. The molecule has 1 amide bonds. The summed E-state index contributed by atoms with van der Waals surface area (Å²) in [4.78, 5) is 33.0. The number of hydrogen-bond donors (Lipinski definition) is 1. The molecule has 5 rings (SSSR count). The van der Waals surface area contributed by atoms with Crippen LogP contribution in [0, 0.1) is 0 Å². The molecule has 38 heavy (non-hydrogen) atoms. The smallest absolute Gasteiger partial charge is 0.301 e. The molecule has 4 aromatic rings. The van der Waals surface area contributed by atoms with Crippen molar-refractivity contribution in [2.45, 2.75) is 19.4 Å². The summed E-state index contributed by atoms with van der Waals surface area (Å²) in [5.41, 5.74) is 1.65. The van der Waals surface area contributed by atoms with Crippen molar-refractivity contribution in [2.24, 2.45) is 0 Å². The van der Waals surface area contributed by atoms with E-state index in [1.807, 2.05) is 13.0 Å². The molecule has 2 heterocycles. The Labute approximate surface area is 223 Å². The highest BCUT2D eigenvalue weighted by Crippen LogP contribution is 2.45. The van der Waals surface area contributed by atoms with Crippen molar-refractivity contribution < 1.29 is 28.9 Å². The van der Waals surface area contributed by atoms with Crippen LogP contribution < -0.4 is 19.1 Å². The summed E-state index contributed by atoms with van der Waals surface area (Å²) >= 11 is 1.27. The highest BCUT2D eigenvalue weighted by atomic mass is 32.1. The Hall–Kier alpha value is -4.37. The van der Waals surface area contributed by atoms with Crippen LogP contribution in [0.4, 0.5) is 5.13 Å². The van der Waals surface area contributed by atoms with Crippen LogP contribution in [-0.4, -0.2) is 42.6 Å². The lowest BCUT2D eigenvalue weighted by atomic mass is 9.95. The number of amides is 1. The van der Waals surface area contributed by atoms with E-state index in [1.54, 1.807) is 74.9 Å². The van der Waals surface area contributed by atoms with E-state index in [1.165, 1.54) is 16.2 Å². The number of benzene rings is 3. The van der Waals surface area contributed by atoms with Gasteiger partial charge in [-0.15, -0.1) is 0 Å². The van der Waals surface area contributed by atoms with Gasteiger partial charge in [-0.2, -0.15) is 0 Å². The molecule has 3 aromatic carbocycles. The van der Waals surface area contributed by atoms with E-state index in [-0.39, 0.29) is 11.3 Å². The van der Waals surface area contributed by atoms with Gasteiger partial charge in [0.05, 0.1) is 42.7 Å². The predicted molar refractivity (Wildman–Crippen MR) is 146 cm³/mol. The van der Waals surface area contributed by atoms with E-state index in [2.05, 4.69) is 4.98 Å². The quantitative estimate of drug-likeness (QED) is 0.177. The van der Waals surface area contributed by atoms with Crippen LogP contribution in [0.2, 0.25) is 0 Å². The number of fused-ring (bicyclic) bond motifs is 1. The molecule has 0 radical (unpaired) electrons. The second kappa shape index (κ2) is 10.5. The first-order valence-corrected chi connectivity index (χ1v) is 12.9. The number of rotatable bonds is 8. The van der Waals surface area contributed by atoms with Gasteiger partial charge in [0.25, 0.3) is 5.78 Å². The average molecular weight is 531 g/mol. The number of carbonyl (C=O) groups is 2. The Morgan fingerprint density at radius 2 is 1.71 bits per heavy atom. The molecule has 1 saturated heterocycles. The van der Waals surface area contributed by atoms with E-state index in [0.29, 0.717) is 45.6 Å². The lowest BCUT2D eigenvalue weighted by molar-refractivity contribution is -0.132. The number of aromatic nitrogens is 1. The van der Waals surface area contributed by atoms with Crippen LogP contribution in [0.3, 0.4) is 0 Å². The number of Topliss-reactive ketones (excluding diaryl/α,β-unsaturated/α-hetero) is 1. The van der Waals surface area contributed by atoms with E-state index in [9.17, 15) is 14.7 Å². The van der Waals surface area contributed by atoms with Crippen molar-refractivity contribution in [3.05, 3.63) is 83.4 Å². The highest BCUT2D eigenvalue weighted by molar-refractivity contribution is 7.22. The zero-order chi connectivity index (χ0) is 26.8. The van der Waals surface area contributed by atoms with E-state index in [4.69, 9.17) is 14.2 Å². The fraction of sp³-hybridized carbons (Fsp3) is 0.207. The maximum absolute atomic E-state index is 13.5.